The van der Waals surface area contributed by atoms with Gasteiger partial charge in [0, 0.05) is 38.9 Å². The molecular weight excluding hydrogens is 348 g/mol. The Bertz CT molecular complexity index is 940. The van der Waals surface area contributed by atoms with E-state index in [9.17, 15) is 9.90 Å². The molecule has 0 spiro atoms. The van der Waals surface area contributed by atoms with E-state index in [1.54, 1.807) is 17.9 Å². The third-order valence-electron chi connectivity index (χ3n) is 4.19. The van der Waals surface area contributed by atoms with Gasteiger partial charge in [-0.05, 0) is 6.04 Å². The predicted molar refractivity (Wildman–Crippen MR) is 103 cm³/mol. The molecule has 0 amide bonds. The summed E-state index contributed by atoms with van der Waals surface area (Å²) in [6.45, 7) is 7.97. The number of rotatable bonds is 7. The van der Waals surface area contributed by atoms with Crippen molar-refractivity contribution in [2.75, 3.05) is 6.61 Å². The van der Waals surface area contributed by atoms with Crippen LogP contribution in [-0.2, 0) is 18.5 Å². The molecule has 2 aromatic heterocycles. The SMILES string of the molecule is Cn1cc(C(=O)O)c(-c2cccc3cnn(COCC[Si](C)(C)C)c23)n1. The summed E-state index contributed by atoms with van der Waals surface area (Å²) < 4.78 is 9.12. The molecule has 0 aliphatic rings. The lowest BCUT2D eigenvalue weighted by atomic mass is 10.1. The van der Waals surface area contributed by atoms with Crippen LogP contribution in [-0.4, -0.2) is 45.3 Å². The van der Waals surface area contributed by atoms with Crippen LogP contribution >= 0.6 is 0 Å². The Balaban J connectivity index is 1.95. The number of para-hydroxylation sites is 1. The Morgan fingerprint density at radius 2 is 2.08 bits per heavy atom. The largest absolute Gasteiger partial charge is 0.478 e. The number of aryl methyl sites for hydroxylation is 1. The van der Waals surface area contributed by atoms with Gasteiger partial charge < -0.3 is 9.84 Å². The first kappa shape index (κ1) is 18.3. The molecule has 2 heterocycles. The van der Waals surface area contributed by atoms with E-state index < -0.39 is 14.0 Å². The smallest absolute Gasteiger partial charge is 0.339 e. The predicted octanol–water partition coefficient (Wildman–Crippen LogP) is 3.45. The number of benzene rings is 1. The van der Waals surface area contributed by atoms with Gasteiger partial charge >= 0.3 is 5.97 Å². The third kappa shape index (κ3) is 3.86. The van der Waals surface area contributed by atoms with Crippen LogP contribution in [0.4, 0.5) is 0 Å². The fourth-order valence-electron chi connectivity index (χ4n) is 2.81. The second-order valence-corrected chi connectivity index (χ2v) is 13.2. The molecule has 0 fully saturated rings. The van der Waals surface area contributed by atoms with E-state index in [1.165, 1.54) is 10.9 Å². The first-order chi connectivity index (χ1) is 12.3. The van der Waals surface area contributed by atoms with Gasteiger partial charge in [-0.25, -0.2) is 9.48 Å². The molecule has 1 N–H and O–H groups in total. The number of carboxylic acids is 1. The van der Waals surface area contributed by atoms with Crippen molar-refractivity contribution < 1.29 is 14.6 Å². The highest BCUT2D eigenvalue weighted by Gasteiger charge is 2.20. The highest BCUT2D eigenvalue weighted by Crippen LogP contribution is 2.30. The van der Waals surface area contributed by atoms with Crippen LogP contribution in [0.25, 0.3) is 22.2 Å². The van der Waals surface area contributed by atoms with E-state index in [0.717, 1.165) is 22.5 Å². The van der Waals surface area contributed by atoms with Crippen molar-refractivity contribution in [3.63, 3.8) is 0 Å². The van der Waals surface area contributed by atoms with Gasteiger partial charge in [0.15, 0.2) is 0 Å². The standard InChI is InChI=1S/C18H24N4O3Si/c1-21-11-15(18(23)24)16(20-21)14-7-5-6-13-10-19-22(17(13)14)12-25-8-9-26(2,3)4/h5-7,10-11H,8-9,12H2,1-4H3,(H,23,24). The quantitative estimate of drug-likeness (QED) is 0.507. The maximum Gasteiger partial charge on any atom is 0.339 e. The molecule has 7 nitrogen and oxygen atoms in total. The Labute approximate surface area is 153 Å². The second kappa shape index (κ2) is 7.04. The van der Waals surface area contributed by atoms with E-state index in [2.05, 4.69) is 29.8 Å². The van der Waals surface area contributed by atoms with Crippen LogP contribution in [0.15, 0.2) is 30.6 Å². The molecule has 0 saturated carbocycles. The second-order valence-electron chi connectivity index (χ2n) is 7.61. The zero-order valence-corrected chi connectivity index (χ0v) is 16.6. The summed E-state index contributed by atoms with van der Waals surface area (Å²) in [4.78, 5) is 11.6. The van der Waals surface area contributed by atoms with Crippen LogP contribution in [0, 0.1) is 0 Å². The molecule has 138 valence electrons. The van der Waals surface area contributed by atoms with Crippen LogP contribution in [0.1, 0.15) is 10.4 Å². The molecule has 26 heavy (non-hydrogen) atoms. The van der Waals surface area contributed by atoms with E-state index in [0.29, 0.717) is 19.0 Å². The number of aromatic nitrogens is 4. The monoisotopic (exact) mass is 372 g/mol. The van der Waals surface area contributed by atoms with Crippen LogP contribution in [0.5, 0.6) is 0 Å². The average molecular weight is 373 g/mol. The summed E-state index contributed by atoms with van der Waals surface area (Å²) in [7, 11) is 0.569. The number of carboxylic acid groups (broad SMARTS) is 1. The number of aromatic carboxylic acids is 1. The molecule has 0 saturated heterocycles. The maximum atomic E-state index is 11.6. The van der Waals surface area contributed by atoms with Gasteiger partial charge in [0.25, 0.3) is 0 Å². The molecule has 1 aromatic carbocycles. The van der Waals surface area contributed by atoms with Gasteiger partial charge in [0.05, 0.1) is 11.7 Å². The molecule has 0 aliphatic carbocycles. The topological polar surface area (TPSA) is 82.2 Å². The average Bonchev–Trinajstić information content (AvgIpc) is 3.14. The summed E-state index contributed by atoms with van der Waals surface area (Å²) in [6, 6.07) is 6.80. The van der Waals surface area contributed by atoms with Crippen LogP contribution in [0.2, 0.25) is 25.7 Å². The number of carbonyl (C=O) groups is 1. The summed E-state index contributed by atoms with van der Waals surface area (Å²) in [5.74, 6) is -0.998. The van der Waals surface area contributed by atoms with Gasteiger partial charge in [-0.1, -0.05) is 37.8 Å². The Hall–Kier alpha value is -2.45. The molecule has 0 radical (unpaired) electrons. The van der Waals surface area contributed by atoms with Crippen molar-refractivity contribution in [3.05, 3.63) is 36.2 Å². The molecule has 0 atom stereocenters. The minimum atomic E-state index is -1.15. The van der Waals surface area contributed by atoms with E-state index in [1.807, 2.05) is 18.2 Å². The molecule has 8 heteroatoms. The van der Waals surface area contributed by atoms with Gasteiger partial charge in [-0.15, -0.1) is 0 Å². The molecular formula is C18H24N4O3Si. The van der Waals surface area contributed by atoms with Gasteiger partial charge in [0.1, 0.15) is 18.0 Å². The third-order valence-corrected chi connectivity index (χ3v) is 5.89. The number of hydrogen-bond acceptors (Lipinski definition) is 4. The van der Waals surface area contributed by atoms with Crippen molar-refractivity contribution in [2.24, 2.45) is 7.05 Å². The minimum absolute atomic E-state index is 0.174. The normalized spacial score (nSPS) is 12.0. The number of hydrogen-bond donors (Lipinski definition) is 1. The lowest BCUT2D eigenvalue weighted by Crippen LogP contribution is -2.22. The molecule has 0 bridgehead atoms. The Kier molecular flexibility index (Phi) is 4.97. The maximum absolute atomic E-state index is 11.6. The van der Waals surface area contributed by atoms with Crippen molar-refractivity contribution in [1.82, 2.24) is 19.6 Å². The molecule has 3 aromatic rings. The lowest BCUT2D eigenvalue weighted by Gasteiger charge is -2.15. The first-order valence-electron chi connectivity index (χ1n) is 8.56. The summed E-state index contributed by atoms with van der Waals surface area (Å²) in [5, 5.41) is 19.2. The van der Waals surface area contributed by atoms with Crippen molar-refractivity contribution in [3.8, 4) is 11.3 Å². The Morgan fingerprint density at radius 1 is 1.31 bits per heavy atom. The van der Waals surface area contributed by atoms with Crippen molar-refractivity contribution >= 4 is 24.9 Å². The number of nitrogens with zero attached hydrogens (tertiary/aromatic N) is 4. The molecule has 3 rings (SSSR count). The lowest BCUT2D eigenvalue weighted by molar-refractivity contribution is 0.0697. The highest BCUT2D eigenvalue weighted by molar-refractivity contribution is 6.76. The van der Waals surface area contributed by atoms with Gasteiger partial charge in [0.2, 0.25) is 0 Å². The molecule has 0 aliphatic heterocycles. The highest BCUT2D eigenvalue weighted by atomic mass is 28.3. The van der Waals surface area contributed by atoms with E-state index >= 15 is 0 Å². The summed E-state index contributed by atoms with van der Waals surface area (Å²) in [5.41, 5.74) is 2.19. The van der Waals surface area contributed by atoms with Gasteiger partial charge in [-0.2, -0.15) is 10.2 Å². The van der Waals surface area contributed by atoms with E-state index in [4.69, 9.17) is 4.74 Å². The van der Waals surface area contributed by atoms with Crippen LogP contribution < -0.4 is 0 Å². The number of ether oxygens (including phenoxy) is 1. The zero-order valence-electron chi connectivity index (χ0n) is 15.6. The van der Waals surface area contributed by atoms with Gasteiger partial charge in [-0.3, -0.25) is 4.68 Å². The first-order valence-corrected chi connectivity index (χ1v) is 12.3. The summed E-state index contributed by atoms with van der Waals surface area (Å²) in [6.07, 6.45) is 3.28. The molecule has 0 unspecified atom stereocenters. The van der Waals surface area contributed by atoms with Crippen molar-refractivity contribution in [1.29, 1.82) is 0 Å². The fourth-order valence-corrected chi connectivity index (χ4v) is 3.56. The Morgan fingerprint density at radius 3 is 2.77 bits per heavy atom. The number of fused-ring (bicyclic) bond motifs is 1. The summed E-state index contributed by atoms with van der Waals surface area (Å²) >= 11 is 0. The van der Waals surface area contributed by atoms with E-state index in [-0.39, 0.29) is 5.56 Å². The zero-order chi connectivity index (χ0) is 18.9. The minimum Gasteiger partial charge on any atom is -0.478 e. The van der Waals surface area contributed by atoms with Crippen molar-refractivity contribution in [2.45, 2.75) is 32.4 Å². The van der Waals surface area contributed by atoms with Crippen LogP contribution in [0.3, 0.4) is 0 Å². The fraction of sp³-hybridized carbons (Fsp3) is 0.389.